The third-order valence-corrected chi connectivity index (χ3v) is 4.95. The molecule has 0 atom stereocenters. The van der Waals surface area contributed by atoms with Crippen LogP contribution in [0.25, 0.3) is 22.1 Å². The molecule has 0 fully saturated rings. The van der Waals surface area contributed by atoms with E-state index in [0.717, 1.165) is 5.56 Å². The monoisotopic (exact) mass is 383 g/mol. The Balaban J connectivity index is 1.49. The van der Waals surface area contributed by atoms with E-state index in [2.05, 4.69) is 25.3 Å². The van der Waals surface area contributed by atoms with Crippen molar-refractivity contribution in [3.05, 3.63) is 65.0 Å². The molecule has 128 valence electrons. The number of carbonyl (C=O) groups excluding carboxylic acids is 1. The highest BCUT2D eigenvalue weighted by atomic mass is 32.1. The summed E-state index contributed by atoms with van der Waals surface area (Å²) in [6, 6.07) is 7.74. The molecule has 0 radical (unpaired) electrons. The van der Waals surface area contributed by atoms with Crippen molar-refractivity contribution in [3.8, 4) is 22.1 Å². The fourth-order valence-electron chi connectivity index (χ4n) is 2.14. The Morgan fingerprint density at radius 3 is 2.54 bits per heavy atom. The number of anilines is 1. The zero-order valence-corrected chi connectivity index (χ0v) is 14.7. The number of thiazole rings is 2. The molecule has 1 aromatic carbocycles. The number of rotatable bonds is 4. The summed E-state index contributed by atoms with van der Waals surface area (Å²) in [5.41, 5.74) is 1.72. The summed E-state index contributed by atoms with van der Waals surface area (Å²) in [6.07, 6.45) is 3.24. The Hall–Kier alpha value is -3.04. The number of benzene rings is 1. The van der Waals surface area contributed by atoms with Gasteiger partial charge in [0.25, 0.3) is 5.91 Å². The molecule has 1 amide bonds. The Bertz CT molecular complexity index is 1050. The average Bonchev–Trinajstić information content (AvgIpc) is 3.33. The number of halogens is 1. The molecule has 9 heteroatoms. The Labute approximate surface area is 155 Å². The fourth-order valence-corrected chi connectivity index (χ4v) is 3.60. The molecule has 0 aliphatic heterocycles. The highest BCUT2D eigenvalue weighted by Crippen LogP contribution is 2.26. The first-order chi connectivity index (χ1) is 12.7. The second-order valence-corrected chi connectivity index (χ2v) is 6.83. The van der Waals surface area contributed by atoms with Crippen molar-refractivity contribution in [3.63, 3.8) is 0 Å². The number of hydrogen-bond donors (Lipinski definition) is 1. The van der Waals surface area contributed by atoms with Crippen LogP contribution < -0.4 is 5.32 Å². The SMILES string of the molecule is O=C(Nc1nc(-c2ccc(F)cc2)cs1)c1csc(-c2ncccn2)n1. The molecule has 0 aliphatic carbocycles. The minimum absolute atomic E-state index is 0.274. The average molecular weight is 383 g/mol. The molecule has 0 bridgehead atoms. The molecular formula is C17H10FN5OS2. The number of aromatic nitrogens is 4. The van der Waals surface area contributed by atoms with Crippen molar-refractivity contribution < 1.29 is 9.18 Å². The lowest BCUT2D eigenvalue weighted by Gasteiger charge is -1.98. The van der Waals surface area contributed by atoms with Gasteiger partial charge in [-0.1, -0.05) is 0 Å². The first-order valence-electron chi connectivity index (χ1n) is 7.45. The lowest BCUT2D eigenvalue weighted by atomic mass is 10.2. The van der Waals surface area contributed by atoms with Crippen LogP contribution in [0.4, 0.5) is 9.52 Å². The van der Waals surface area contributed by atoms with Gasteiger partial charge in [0.2, 0.25) is 0 Å². The summed E-state index contributed by atoms with van der Waals surface area (Å²) in [4.78, 5) is 29.2. The molecule has 4 rings (SSSR count). The summed E-state index contributed by atoms with van der Waals surface area (Å²) in [5.74, 6) is -0.188. The van der Waals surface area contributed by atoms with Crippen LogP contribution in [-0.4, -0.2) is 25.8 Å². The summed E-state index contributed by atoms with van der Waals surface area (Å²) < 4.78 is 13.0. The van der Waals surface area contributed by atoms with E-state index in [4.69, 9.17) is 0 Å². The summed E-state index contributed by atoms with van der Waals surface area (Å²) in [6.45, 7) is 0. The molecule has 3 heterocycles. The summed E-state index contributed by atoms with van der Waals surface area (Å²) in [7, 11) is 0. The van der Waals surface area contributed by atoms with Crippen molar-refractivity contribution >= 4 is 33.7 Å². The standard InChI is InChI=1S/C17H10FN5OS2/c18-11-4-2-10(3-5-11)12-8-26-17(22-12)23-15(24)13-9-25-16(21-13)14-19-6-1-7-20-14/h1-9H,(H,22,23,24). The van der Waals surface area contributed by atoms with E-state index in [1.54, 1.807) is 41.4 Å². The predicted molar refractivity (Wildman–Crippen MR) is 98.6 cm³/mol. The smallest absolute Gasteiger partial charge is 0.276 e. The van der Waals surface area contributed by atoms with Gasteiger partial charge in [-0.05, 0) is 30.3 Å². The van der Waals surface area contributed by atoms with Gasteiger partial charge in [0.05, 0.1) is 5.69 Å². The zero-order valence-electron chi connectivity index (χ0n) is 13.1. The molecule has 1 N–H and O–H groups in total. The van der Waals surface area contributed by atoms with Crippen LogP contribution >= 0.6 is 22.7 Å². The largest absolute Gasteiger partial charge is 0.296 e. The van der Waals surface area contributed by atoms with Crippen molar-refractivity contribution in [2.75, 3.05) is 5.32 Å². The van der Waals surface area contributed by atoms with Crippen LogP contribution in [0.2, 0.25) is 0 Å². The van der Waals surface area contributed by atoms with Gasteiger partial charge >= 0.3 is 0 Å². The van der Waals surface area contributed by atoms with Gasteiger partial charge in [-0.3, -0.25) is 10.1 Å². The molecule has 0 saturated heterocycles. The fraction of sp³-hybridized carbons (Fsp3) is 0. The number of carbonyl (C=O) groups is 1. The highest BCUT2D eigenvalue weighted by Gasteiger charge is 2.15. The van der Waals surface area contributed by atoms with Crippen LogP contribution in [0.1, 0.15) is 10.5 Å². The van der Waals surface area contributed by atoms with Crippen LogP contribution in [0.5, 0.6) is 0 Å². The molecule has 3 aromatic heterocycles. The second-order valence-electron chi connectivity index (χ2n) is 5.11. The van der Waals surface area contributed by atoms with Gasteiger partial charge in [0, 0.05) is 28.7 Å². The molecule has 0 unspecified atom stereocenters. The molecule has 26 heavy (non-hydrogen) atoms. The van der Waals surface area contributed by atoms with E-state index < -0.39 is 0 Å². The van der Waals surface area contributed by atoms with Crippen LogP contribution in [0.15, 0.2) is 53.5 Å². The summed E-state index contributed by atoms with van der Waals surface area (Å²) >= 11 is 2.58. The number of hydrogen-bond acceptors (Lipinski definition) is 7. The van der Waals surface area contributed by atoms with E-state index in [0.29, 0.717) is 21.7 Å². The van der Waals surface area contributed by atoms with Gasteiger partial charge in [-0.25, -0.2) is 24.3 Å². The Morgan fingerprint density at radius 1 is 1.00 bits per heavy atom. The van der Waals surface area contributed by atoms with Gasteiger partial charge in [-0.2, -0.15) is 0 Å². The highest BCUT2D eigenvalue weighted by molar-refractivity contribution is 7.14. The van der Waals surface area contributed by atoms with E-state index in [-0.39, 0.29) is 17.4 Å². The minimum atomic E-state index is -0.358. The van der Waals surface area contributed by atoms with Crippen molar-refractivity contribution in [2.24, 2.45) is 0 Å². The molecule has 6 nitrogen and oxygen atoms in total. The normalized spacial score (nSPS) is 10.7. The number of amides is 1. The van der Waals surface area contributed by atoms with Crippen LogP contribution in [0, 0.1) is 5.82 Å². The minimum Gasteiger partial charge on any atom is -0.296 e. The first-order valence-corrected chi connectivity index (χ1v) is 9.21. The Morgan fingerprint density at radius 2 is 1.77 bits per heavy atom. The van der Waals surface area contributed by atoms with Crippen molar-refractivity contribution in [1.82, 2.24) is 19.9 Å². The lowest BCUT2D eigenvalue weighted by Crippen LogP contribution is -2.12. The molecule has 0 aliphatic rings. The van der Waals surface area contributed by atoms with E-state index in [1.807, 2.05) is 0 Å². The quantitative estimate of drug-likeness (QED) is 0.573. The van der Waals surface area contributed by atoms with Gasteiger partial charge in [0.1, 0.15) is 11.5 Å². The second kappa shape index (κ2) is 7.06. The molecule has 0 spiro atoms. The van der Waals surface area contributed by atoms with Crippen LogP contribution in [0.3, 0.4) is 0 Å². The van der Waals surface area contributed by atoms with Gasteiger partial charge in [0.15, 0.2) is 16.0 Å². The Kier molecular flexibility index (Phi) is 4.46. The summed E-state index contributed by atoms with van der Waals surface area (Å²) in [5, 5.41) is 7.18. The maximum Gasteiger partial charge on any atom is 0.276 e. The van der Waals surface area contributed by atoms with Gasteiger partial charge in [-0.15, -0.1) is 22.7 Å². The van der Waals surface area contributed by atoms with Crippen molar-refractivity contribution in [2.45, 2.75) is 0 Å². The maximum atomic E-state index is 13.0. The van der Waals surface area contributed by atoms with E-state index in [1.165, 1.54) is 34.8 Å². The van der Waals surface area contributed by atoms with E-state index in [9.17, 15) is 9.18 Å². The molecule has 0 saturated carbocycles. The number of nitrogens with zero attached hydrogens (tertiary/aromatic N) is 4. The molecular weight excluding hydrogens is 373 g/mol. The van der Waals surface area contributed by atoms with Gasteiger partial charge < -0.3 is 0 Å². The van der Waals surface area contributed by atoms with Crippen LogP contribution in [-0.2, 0) is 0 Å². The zero-order chi connectivity index (χ0) is 17.9. The van der Waals surface area contributed by atoms with E-state index >= 15 is 0 Å². The molecule has 4 aromatic rings. The maximum absolute atomic E-state index is 13.0. The third-order valence-electron chi connectivity index (χ3n) is 3.36. The number of nitrogens with one attached hydrogen (secondary N) is 1. The first kappa shape index (κ1) is 16.4. The predicted octanol–water partition coefficient (Wildman–Crippen LogP) is 4.12. The van der Waals surface area contributed by atoms with Crippen molar-refractivity contribution in [1.29, 1.82) is 0 Å². The topological polar surface area (TPSA) is 80.7 Å². The third kappa shape index (κ3) is 3.48. The lowest BCUT2D eigenvalue weighted by molar-refractivity contribution is 0.102.